The minimum atomic E-state index is 1.33. The zero-order valence-electron chi connectivity index (χ0n) is 46.9. The third-order valence-electron chi connectivity index (χ3n) is 14.7. The lowest BCUT2D eigenvalue weighted by Gasteiger charge is -2.11. The summed E-state index contributed by atoms with van der Waals surface area (Å²) in [6, 6.07) is 82.3. The normalized spacial score (nSPS) is 10.6. The van der Waals surface area contributed by atoms with E-state index < -0.39 is 0 Å². The van der Waals surface area contributed by atoms with Gasteiger partial charge in [-0.2, -0.15) is 0 Å². The summed E-state index contributed by atoms with van der Waals surface area (Å²) in [5, 5.41) is 19.0. The van der Waals surface area contributed by atoms with Gasteiger partial charge in [-0.3, -0.25) is 0 Å². The second-order valence-corrected chi connectivity index (χ2v) is 20.9. The molecule has 0 unspecified atom stereocenters. The summed E-state index contributed by atoms with van der Waals surface area (Å²) in [7, 11) is 0. The van der Waals surface area contributed by atoms with E-state index in [4.69, 9.17) is 0 Å². The van der Waals surface area contributed by atoms with Gasteiger partial charge in [0.25, 0.3) is 0 Å². The van der Waals surface area contributed by atoms with E-state index in [0.29, 0.717) is 0 Å². The van der Waals surface area contributed by atoms with E-state index in [2.05, 4.69) is 314 Å². The zero-order valence-corrected chi connectivity index (χ0v) is 46.9. The van der Waals surface area contributed by atoms with Gasteiger partial charge in [-0.15, -0.1) is 0 Å². The van der Waals surface area contributed by atoms with Crippen molar-refractivity contribution < 1.29 is 0 Å². The van der Waals surface area contributed by atoms with E-state index in [1.165, 1.54) is 142 Å². The van der Waals surface area contributed by atoms with Gasteiger partial charge in [-0.25, -0.2) is 0 Å². The molecule has 0 heteroatoms. The lowest BCUT2D eigenvalue weighted by molar-refractivity contribution is 1.37. The van der Waals surface area contributed by atoms with Crippen molar-refractivity contribution in [2.75, 3.05) is 0 Å². The third-order valence-corrected chi connectivity index (χ3v) is 14.7. The first-order valence-electron chi connectivity index (χ1n) is 26.8. The first-order valence-corrected chi connectivity index (χ1v) is 26.8. The van der Waals surface area contributed by atoms with Crippen molar-refractivity contribution in [3.63, 3.8) is 0 Å². The molecule has 0 N–H and O–H groups in total. The number of hydrogen-bond donors (Lipinski definition) is 0. The van der Waals surface area contributed by atoms with E-state index >= 15 is 0 Å². The van der Waals surface area contributed by atoms with Gasteiger partial charge >= 0.3 is 0 Å². The number of hydrogen-bond acceptors (Lipinski definition) is 0. The zero-order chi connectivity index (χ0) is 53.9. The Morgan fingerprint density at radius 3 is 0.882 bits per heavy atom. The standard InChI is InChI=1S/C16H14.5C12H12/c1-11-13-7-3-5-9-15(13)12(2)16-10-6-4-8-14(11)16;1-9-3-5-12-8-10(2)4-6-11(12)7-9;1-9-3-5-11-6-4-10(2)8-12(11)7-9;1-9-5-3-7-11-8-4-6-10(2)12(9)11;1-9-6-7-11-5-3-4-10(2)12(11)8-9;1-9-7-11-5-3-4-6-12(11)8-10(9)2/h3-10H,1-2H3;5*3-8H,1-2H3. The molecule has 0 bridgehead atoms. The summed E-state index contributed by atoms with van der Waals surface area (Å²) in [6.45, 7) is 25.8. The van der Waals surface area contributed by atoms with Crippen LogP contribution in [-0.4, -0.2) is 0 Å². The second-order valence-electron chi connectivity index (χ2n) is 20.9. The van der Waals surface area contributed by atoms with Crippen LogP contribution in [0.3, 0.4) is 0 Å². The van der Waals surface area contributed by atoms with Crippen molar-refractivity contribution in [2.45, 2.75) is 83.1 Å². The van der Waals surface area contributed by atoms with Crippen molar-refractivity contribution in [1.29, 1.82) is 0 Å². The van der Waals surface area contributed by atoms with Crippen LogP contribution in [0.15, 0.2) is 231 Å². The molecule has 0 spiro atoms. The van der Waals surface area contributed by atoms with Gasteiger partial charge < -0.3 is 0 Å². The van der Waals surface area contributed by atoms with Gasteiger partial charge in [0.1, 0.15) is 0 Å². The molecule has 0 nitrogen and oxygen atoms in total. The van der Waals surface area contributed by atoms with Crippen molar-refractivity contribution >= 4 is 75.4 Å². The predicted molar refractivity (Wildman–Crippen MR) is 338 cm³/mol. The highest BCUT2D eigenvalue weighted by atomic mass is 14.1. The number of fused-ring (bicyclic) bond motifs is 7. The fourth-order valence-electron chi connectivity index (χ4n) is 10.3. The van der Waals surface area contributed by atoms with Crippen molar-refractivity contribution in [1.82, 2.24) is 0 Å². The van der Waals surface area contributed by atoms with E-state index in [9.17, 15) is 0 Å². The smallest absolute Gasteiger partial charge is 0.0125 e. The molecule has 0 atom stereocenters. The van der Waals surface area contributed by atoms with Crippen LogP contribution < -0.4 is 0 Å². The Kier molecular flexibility index (Phi) is 17.6. The molecule has 13 aromatic carbocycles. The SMILES string of the molecule is Cc1c2ccccc2c(C)c2ccccc12.Cc1cc2ccccc2cc1C.Cc1ccc2cc(C)ccc2c1.Cc1ccc2ccc(C)cc2c1.Cc1ccc2cccc(C)c2c1.Cc1cccc2cccc(C)c12. The second kappa shape index (κ2) is 24.8. The largest absolute Gasteiger partial charge is 0.0616 e. The summed E-state index contributed by atoms with van der Waals surface area (Å²) >= 11 is 0. The van der Waals surface area contributed by atoms with E-state index in [-0.39, 0.29) is 0 Å². The van der Waals surface area contributed by atoms with Gasteiger partial charge in [0.2, 0.25) is 0 Å². The first-order chi connectivity index (χ1) is 36.6. The third kappa shape index (κ3) is 13.3. The average Bonchev–Trinajstić information content (AvgIpc) is 3.42. The Morgan fingerprint density at radius 2 is 0.474 bits per heavy atom. The summed E-state index contributed by atoms with van der Waals surface area (Å²) in [5.74, 6) is 0. The highest BCUT2D eigenvalue weighted by molar-refractivity contribution is 6.05. The first kappa shape index (κ1) is 54.0. The maximum absolute atomic E-state index is 2.24. The quantitative estimate of drug-likeness (QED) is 0.133. The van der Waals surface area contributed by atoms with E-state index in [1.54, 1.807) is 0 Å². The van der Waals surface area contributed by atoms with Crippen LogP contribution in [0, 0.1) is 83.1 Å². The average molecular weight is 987 g/mol. The summed E-state index contributed by atoms with van der Waals surface area (Å²) in [4.78, 5) is 0. The Morgan fingerprint density at radius 1 is 0.171 bits per heavy atom. The van der Waals surface area contributed by atoms with Gasteiger partial charge in [0, 0.05) is 0 Å². The van der Waals surface area contributed by atoms with Gasteiger partial charge in [-0.1, -0.05) is 258 Å². The molecule has 76 heavy (non-hydrogen) atoms. The van der Waals surface area contributed by atoms with Crippen LogP contribution in [-0.2, 0) is 0 Å². The van der Waals surface area contributed by atoms with Gasteiger partial charge in [-0.05, 0) is 197 Å². The molecule has 0 saturated heterocycles. The highest BCUT2D eigenvalue weighted by Crippen LogP contribution is 2.32. The topological polar surface area (TPSA) is 0 Å². The Balaban J connectivity index is 0.000000121. The molecule has 0 aromatic heterocycles. The number of benzene rings is 13. The lowest BCUT2D eigenvalue weighted by atomic mass is 9.93. The van der Waals surface area contributed by atoms with Gasteiger partial charge in [0.05, 0.1) is 0 Å². The fourth-order valence-corrected chi connectivity index (χ4v) is 10.3. The van der Waals surface area contributed by atoms with Crippen LogP contribution in [0.1, 0.15) is 66.8 Å². The lowest BCUT2D eigenvalue weighted by Crippen LogP contribution is -1.87. The summed E-state index contributed by atoms with van der Waals surface area (Å²) < 4.78 is 0. The summed E-state index contributed by atoms with van der Waals surface area (Å²) in [6.07, 6.45) is 0. The van der Waals surface area contributed by atoms with Crippen LogP contribution in [0.4, 0.5) is 0 Å². The van der Waals surface area contributed by atoms with Crippen LogP contribution >= 0.6 is 0 Å². The van der Waals surface area contributed by atoms with Crippen LogP contribution in [0.2, 0.25) is 0 Å². The minimum Gasteiger partial charge on any atom is -0.0616 e. The van der Waals surface area contributed by atoms with Crippen molar-refractivity contribution in [3.05, 3.63) is 297 Å². The molecule has 0 aliphatic carbocycles. The van der Waals surface area contributed by atoms with E-state index in [1.807, 2.05) is 0 Å². The molecule has 0 aliphatic heterocycles. The van der Waals surface area contributed by atoms with Gasteiger partial charge in [0.15, 0.2) is 0 Å². The molecule has 0 aliphatic rings. The minimum absolute atomic E-state index is 1.33. The molecule has 0 amide bonds. The maximum atomic E-state index is 2.24. The van der Waals surface area contributed by atoms with Crippen LogP contribution in [0.25, 0.3) is 75.4 Å². The van der Waals surface area contributed by atoms with E-state index in [0.717, 1.165) is 0 Å². The highest BCUT2D eigenvalue weighted by Gasteiger charge is 2.07. The fraction of sp³-hybridized carbons (Fsp3) is 0.158. The molecular weight excluding hydrogens is 913 g/mol. The maximum Gasteiger partial charge on any atom is -0.0125 e. The van der Waals surface area contributed by atoms with Crippen LogP contribution in [0.5, 0.6) is 0 Å². The number of rotatable bonds is 0. The molecule has 0 fully saturated rings. The molecule has 13 rings (SSSR count). The van der Waals surface area contributed by atoms with Crippen molar-refractivity contribution in [2.24, 2.45) is 0 Å². The summed E-state index contributed by atoms with van der Waals surface area (Å²) in [5.41, 5.74) is 16.2. The molecule has 378 valence electrons. The molecule has 13 aromatic rings. The Labute approximate surface area is 453 Å². The predicted octanol–water partition coefficient (Wildman–Crippen LogP) is 21.9. The molecule has 0 radical (unpaired) electrons. The Bertz CT molecular complexity index is 3850. The molecule has 0 saturated carbocycles. The monoisotopic (exact) mass is 987 g/mol. The number of aryl methyl sites for hydroxylation is 12. The molecular formula is C76H74. The van der Waals surface area contributed by atoms with Crippen molar-refractivity contribution in [3.8, 4) is 0 Å². The Hall–Kier alpha value is -8.32. The molecule has 0 heterocycles.